The van der Waals surface area contributed by atoms with Crippen LogP contribution in [0.5, 0.6) is 0 Å². The summed E-state index contributed by atoms with van der Waals surface area (Å²) >= 11 is 0. The van der Waals surface area contributed by atoms with Crippen LogP contribution in [0, 0.1) is 5.82 Å². The van der Waals surface area contributed by atoms with E-state index in [2.05, 4.69) is 5.32 Å². The maximum atomic E-state index is 14.1. The Kier molecular flexibility index (Phi) is 5.22. The second-order valence-electron chi connectivity index (χ2n) is 5.34. The molecule has 2 rings (SSSR count). The van der Waals surface area contributed by atoms with Gasteiger partial charge in [0.15, 0.2) is 0 Å². The van der Waals surface area contributed by atoms with Crippen molar-refractivity contribution in [2.45, 2.75) is 18.1 Å². The van der Waals surface area contributed by atoms with Crippen molar-refractivity contribution in [1.82, 2.24) is 10.2 Å². The molecule has 1 aromatic carbocycles. The van der Waals surface area contributed by atoms with Gasteiger partial charge in [0.1, 0.15) is 18.5 Å². The lowest BCUT2D eigenvalue weighted by molar-refractivity contribution is -0.138. The number of piperazine rings is 1. The van der Waals surface area contributed by atoms with Crippen LogP contribution in [0.2, 0.25) is 0 Å². The number of aliphatic hydroxyl groups excluding tert-OH is 1. The fraction of sp³-hybridized carbons (Fsp3) is 0.571. The first kappa shape index (κ1) is 18.0. The highest BCUT2D eigenvalue weighted by Crippen LogP contribution is 2.40. The second kappa shape index (κ2) is 6.66. The molecule has 9 heteroatoms. The molecule has 0 aliphatic carbocycles. The normalized spacial score (nSPS) is 18.9. The van der Waals surface area contributed by atoms with Crippen molar-refractivity contribution < 1.29 is 31.4 Å². The summed E-state index contributed by atoms with van der Waals surface area (Å²) in [6, 6.07) is -0.533. The number of hydrogen-bond acceptors (Lipinski definition) is 3. The van der Waals surface area contributed by atoms with Crippen molar-refractivity contribution in [3.05, 3.63) is 35.1 Å². The number of halogens is 6. The highest BCUT2D eigenvalue weighted by atomic mass is 19.4. The third kappa shape index (κ3) is 3.96. The fourth-order valence-corrected chi connectivity index (χ4v) is 2.65. The number of alkyl halides is 5. The van der Waals surface area contributed by atoms with Crippen molar-refractivity contribution in [1.29, 1.82) is 0 Å². The van der Waals surface area contributed by atoms with E-state index in [4.69, 9.17) is 5.11 Å². The van der Waals surface area contributed by atoms with Gasteiger partial charge in [-0.1, -0.05) is 0 Å². The van der Waals surface area contributed by atoms with Crippen molar-refractivity contribution >= 4 is 0 Å². The van der Waals surface area contributed by atoms with Crippen LogP contribution in [-0.2, 0) is 6.18 Å². The predicted octanol–water partition coefficient (Wildman–Crippen LogP) is 2.42. The SMILES string of the molecule is OCC(F)(F)[C@H](c1cc(C(F)(F)F)ccc1F)N1CCNCC1. The first-order valence-electron chi connectivity index (χ1n) is 6.97. The highest BCUT2D eigenvalue weighted by molar-refractivity contribution is 5.31. The van der Waals surface area contributed by atoms with Crippen molar-refractivity contribution in [2.24, 2.45) is 0 Å². The van der Waals surface area contributed by atoms with E-state index >= 15 is 0 Å². The molecule has 0 saturated carbocycles. The summed E-state index contributed by atoms with van der Waals surface area (Å²) in [5.74, 6) is -4.93. The van der Waals surface area contributed by atoms with Crippen molar-refractivity contribution in [3.8, 4) is 0 Å². The van der Waals surface area contributed by atoms with Gasteiger partial charge in [-0.05, 0) is 18.2 Å². The maximum Gasteiger partial charge on any atom is 0.416 e. The second-order valence-corrected chi connectivity index (χ2v) is 5.34. The van der Waals surface area contributed by atoms with Gasteiger partial charge < -0.3 is 10.4 Å². The van der Waals surface area contributed by atoms with Gasteiger partial charge in [0, 0.05) is 31.7 Å². The molecule has 1 atom stereocenters. The average molecular weight is 342 g/mol. The number of hydrogen-bond donors (Lipinski definition) is 2. The molecule has 0 unspecified atom stereocenters. The molecule has 0 radical (unpaired) electrons. The molecule has 0 aromatic heterocycles. The molecule has 0 spiro atoms. The topological polar surface area (TPSA) is 35.5 Å². The van der Waals surface area contributed by atoms with Crippen LogP contribution in [-0.4, -0.2) is 48.7 Å². The molecular weight excluding hydrogens is 326 g/mol. The van der Waals surface area contributed by atoms with Crippen LogP contribution in [0.1, 0.15) is 17.2 Å². The Hall–Kier alpha value is -1.32. The predicted molar refractivity (Wildman–Crippen MR) is 70.6 cm³/mol. The Labute approximate surface area is 128 Å². The zero-order valence-corrected chi connectivity index (χ0v) is 12.0. The van der Waals surface area contributed by atoms with Crippen molar-refractivity contribution in [3.63, 3.8) is 0 Å². The van der Waals surface area contributed by atoms with Crippen molar-refractivity contribution in [2.75, 3.05) is 32.8 Å². The quantitative estimate of drug-likeness (QED) is 0.825. The minimum atomic E-state index is -4.77. The van der Waals surface area contributed by atoms with E-state index in [1.54, 1.807) is 0 Å². The van der Waals surface area contributed by atoms with E-state index in [1.807, 2.05) is 0 Å². The zero-order chi connectivity index (χ0) is 17.3. The lowest BCUT2D eigenvalue weighted by Crippen LogP contribution is -2.51. The molecule has 2 N–H and O–H groups in total. The van der Waals surface area contributed by atoms with Crippen LogP contribution >= 0.6 is 0 Å². The van der Waals surface area contributed by atoms with Crippen LogP contribution in [0.25, 0.3) is 0 Å². The fourth-order valence-electron chi connectivity index (χ4n) is 2.65. The largest absolute Gasteiger partial charge is 0.416 e. The summed E-state index contributed by atoms with van der Waals surface area (Å²) < 4.78 is 80.7. The summed E-state index contributed by atoms with van der Waals surface area (Å²) in [5.41, 5.74) is -1.97. The maximum absolute atomic E-state index is 14.1. The van der Waals surface area contributed by atoms with E-state index in [1.165, 1.54) is 4.90 Å². The Balaban J connectivity index is 2.50. The molecule has 1 saturated heterocycles. The van der Waals surface area contributed by atoms with Gasteiger partial charge in [-0.15, -0.1) is 0 Å². The minimum Gasteiger partial charge on any atom is -0.390 e. The molecule has 0 amide bonds. The van der Waals surface area contributed by atoms with E-state index in [0.717, 1.165) is 0 Å². The lowest BCUT2D eigenvalue weighted by Gasteiger charge is -2.39. The Morgan fingerprint density at radius 2 is 1.74 bits per heavy atom. The standard InChI is InChI=1S/C14H16F6N2O/c15-11-2-1-9(14(18,19)20)7-10(11)12(13(16,17)8-23)22-5-3-21-4-6-22/h1-2,7,12,21,23H,3-6,8H2/t12-/m0/s1. The third-order valence-electron chi connectivity index (χ3n) is 3.75. The Morgan fingerprint density at radius 3 is 2.26 bits per heavy atom. The van der Waals surface area contributed by atoms with Crippen LogP contribution in [0.3, 0.4) is 0 Å². The molecule has 130 valence electrons. The smallest absolute Gasteiger partial charge is 0.390 e. The van der Waals surface area contributed by atoms with E-state index in [9.17, 15) is 26.3 Å². The van der Waals surface area contributed by atoms with Gasteiger partial charge in [0.05, 0.1) is 5.56 Å². The summed E-state index contributed by atoms with van der Waals surface area (Å²) in [6.07, 6.45) is -4.77. The van der Waals surface area contributed by atoms with Gasteiger partial charge in [0.2, 0.25) is 0 Å². The lowest BCUT2D eigenvalue weighted by atomic mass is 9.95. The molecule has 1 aromatic rings. The van der Waals surface area contributed by atoms with E-state index in [0.29, 0.717) is 31.3 Å². The van der Waals surface area contributed by atoms with Gasteiger partial charge in [-0.3, -0.25) is 4.90 Å². The number of nitrogens with zero attached hydrogens (tertiary/aromatic N) is 1. The first-order chi connectivity index (χ1) is 10.7. The first-order valence-corrected chi connectivity index (χ1v) is 6.97. The molecular formula is C14H16F6N2O. The molecule has 1 aliphatic rings. The van der Waals surface area contributed by atoms with Crippen LogP contribution in [0.4, 0.5) is 26.3 Å². The minimum absolute atomic E-state index is 0.107. The monoisotopic (exact) mass is 342 g/mol. The molecule has 1 heterocycles. The number of rotatable bonds is 4. The zero-order valence-electron chi connectivity index (χ0n) is 12.0. The van der Waals surface area contributed by atoms with Gasteiger partial charge in [0.25, 0.3) is 5.92 Å². The summed E-state index contributed by atoms with van der Waals surface area (Å²) in [7, 11) is 0. The Bertz CT molecular complexity index is 543. The third-order valence-corrected chi connectivity index (χ3v) is 3.75. The van der Waals surface area contributed by atoms with Crippen LogP contribution in [0.15, 0.2) is 18.2 Å². The highest BCUT2D eigenvalue weighted by Gasteiger charge is 2.46. The number of benzene rings is 1. The van der Waals surface area contributed by atoms with Gasteiger partial charge in [-0.2, -0.15) is 13.2 Å². The molecule has 3 nitrogen and oxygen atoms in total. The van der Waals surface area contributed by atoms with Crippen LogP contribution < -0.4 is 5.32 Å². The molecule has 0 bridgehead atoms. The summed E-state index contributed by atoms with van der Waals surface area (Å²) in [5, 5.41) is 11.9. The molecule has 23 heavy (non-hydrogen) atoms. The summed E-state index contributed by atoms with van der Waals surface area (Å²) in [6.45, 7) is -0.680. The number of nitrogens with one attached hydrogen (secondary N) is 1. The number of aliphatic hydroxyl groups is 1. The Morgan fingerprint density at radius 1 is 1.13 bits per heavy atom. The molecule has 1 fully saturated rings. The summed E-state index contributed by atoms with van der Waals surface area (Å²) in [4.78, 5) is 1.19. The van der Waals surface area contributed by atoms with Gasteiger partial charge in [-0.25, -0.2) is 13.2 Å². The average Bonchev–Trinajstić information content (AvgIpc) is 2.49. The van der Waals surface area contributed by atoms with Gasteiger partial charge >= 0.3 is 6.18 Å². The van der Waals surface area contributed by atoms with E-state index < -0.39 is 41.7 Å². The molecule has 1 aliphatic heterocycles. The van der Waals surface area contributed by atoms with E-state index in [-0.39, 0.29) is 13.1 Å².